The molecule has 1 aliphatic carbocycles. The maximum atomic E-state index is 12.9. The van der Waals surface area contributed by atoms with Crippen molar-refractivity contribution in [2.24, 2.45) is 5.92 Å². The van der Waals surface area contributed by atoms with Gasteiger partial charge in [-0.15, -0.1) is 23.7 Å². The van der Waals surface area contributed by atoms with Gasteiger partial charge >= 0.3 is 0 Å². The SMILES string of the molecule is Cl.O=C(c1cccn1Cc1cccs1)N1CCC(NCC2CC2)CC1. The van der Waals surface area contributed by atoms with Gasteiger partial charge in [0.05, 0.1) is 6.54 Å². The number of carbonyl (C=O) groups is 1. The fourth-order valence-electron chi connectivity index (χ4n) is 3.42. The molecular weight excluding hydrogens is 354 g/mol. The number of hydrogen-bond donors (Lipinski definition) is 1. The molecule has 4 rings (SSSR count). The number of piperidine rings is 1. The van der Waals surface area contributed by atoms with E-state index in [1.807, 2.05) is 23.2 Å². The maximum absolute atomic E-state index is 12.9. The summed E-state index contributed by atoms with van der Waals surface area (Å²) in [4.78, 5) is 16.2. The molecular formula is C19H26ClN3OS. The molecule has 0 aromatic carbocycles. The number of carbonyl (C=O) groups excluding carboxylic acids is 1. The minimum absolute atomic E-state index is 0. The van der Waals surface area contributed by atoms with E-state index in [0.717, 1.165) is 44.1 Å². The molecule has 1 aliphatic heterocycles. The van der Waals surface area contributed by atoms with E-state index in [1.165, 1.54) is 24.3 Å². The Kier molecular flexibility index (Phi) is 6.20. The van der Waals surface area contributed by atoms with Crippen LogP contribution in [-0.2, 0) is 6.54 Å². The molecule has 1 N–H and O–H groups in total. The van der Waals surface area contributed by atoms with Crippen LogP contribution in [0.15, 0.2) is 35.8 Å². The number of nitrogens with one attached hydrogen (secondary N) is 1. The molecule has 2 aromatic rings. The van der Waals surface area contributed by atoms with Gasteiger partial charge in [0.1, 0.15) is 5.69 Å². The summed E-state index contributed by atoms with van der Waals surface area (Å²) >= 11 is 1.74. The van der Waals surface area contributed by atoms with Gasteiger partial charge in [0, 0.05) is 30.2 Å². The Labute approximate surface area is 159 Å². The van der Waals surface area contributed by atoms with Crippen molar-refractivity contribution in [1.82, 2.24) is 14.8 Å². The second kappa shape index (κ2) is 8.39. The highest BCUT2D eigenvalue weighted by atomic mass is 35.5. The zero-order valence-corrected chi connectivity index (χ0v) is 16.0. The van der Waals surface area contributed by atoms with Crippen molar-refractivity contribution in [3.05, 3.63) is 46.4 Å². The number of thiophene rings is 1. The maximum Gasteiger partial charge on any atom is 0.270 e. The summed E-state index contributed by atoms with van der Waals surface area (Å²) in [5.41, 5.74) is 0.813. The van der Waals surface area contributed by atoms with Gasteiger partial charge < -0.3 is 14.8 Å². The minimum Gasteiger partial charge on any atom is -0.338 e. The Bertz CT molecular complexity index is 673. The molecule has 3 heterocycles. The molecule has 2 aliphatic rings. The Balaban J connectivity index is 0.00000182. The summed E-state index contributed by atoms with van der Waals surface area (Å²) in [6.07, 6.45) is 6.95. The molecule has 1 amide bonds. The highest BCUT2D eigenvalue weighted by molar-refractivity contribution is 7.09. The van der Waals surface area contributed by atoms with Crippen molar-refractivity contribution in [2.45, 2.75) is 38.3 Å². The van der Waals surface area contributed by atoms with Crippen molar-refractivity contribution in [2.75, 3.05) is 19.6 Å². The van der Waals surface area contributed by atoms with Crippen molar-refractivity contribution >= 4 is 29.7 Å². The number of rotatable bonds is 6. The number of amides is 1. The molecule has 0 radical (unpaired) electrons. The quantitative estimate of drug-likeness (QED) is 0.832. The zero-order valence-electron chi connectivity index (χ0n) is 14.4. The molecule has 25 heavy (non-hydrogen) atoms. The van der Waals surface area contributed by atoms with Crippen LogP contribution in [0.4, 0.5) is 0 Å². The summed E-state index contributed by atoms with van der Waals surface area (Å²) in [6, 6.07) is 8.70. The molecule has 4 nitrogen and oxygen atoms in total. The molecule has 0 unspecified atom stereocenters. The lowest BCUT2D eigenvalue weighted by atomic mass is 10.0. The molecule has 1 saturated heterocycles. The predicted molar refractivity (Wildman–Crippen MR) is 105 cm³/mol. The van der Waals surface area contributed by atoms with Gasteiger partial charge in [-0.05, 0) is 61.7 Å². The first-order chi connectivity index (χ1) is 11.8. The van der Waals surface area contributed by atoms with Gasteiger partial charge in [-0.2, -0.15) is 0 Å². The van der Waals surface area contributed by atoms with Crippen LogP contribution in [0, 0.1) is 5.92 Å². The minimum atomic E-state index is 0. The van der Waals surface area contributed by atoms with Crippen molar-refractivity contribution < 1.29 is 4.79 Å². The Morgan fingerprint density at radius 2 is 1.96 bits per heavy atom. The van der Waals surface area contributed by atoms with Crippen molar-refractivity contribution in [3.8, 4) is 0 Å². The highest BCUT2D eigenvalue weighted by Gasteiger charge is 2.27. The van der Waals surface area contributed by atoms with Crippen LogP contribution in [0.1, 0.15) is 41.0 Å². The Hall–Kier alpha value is -1.30. The highest BCUT2D eigenvalue weighted by Crippen LogP contribution is 2.28. The van der Waals surface area contributed by atoms with Gasteiger partial charge in [-0.1, -0.05) is 6.07 Å². The largest absolute Gasteiger partial charge is 0.338 e. The topological polar surface area (TPSA) is 37.3 Å². The first kappa shape index (κ1) is 18.5. The second-order valence-electron chi connectivity index (χ2n) is 7.02. The lowest BCUT2D eigenvalue weighted by Gasteiger charge is -2.32. The van der Waals surface area contributed by atoms with Crippen molar-refractivity contribution in [3.63, 3.8) is 0 Å². The molecule has 0 atom stereocenters. The monoisotopic (exact) mass is 379 g/mol. The summed E-state index contributed by atoms with van der Waals surface area (Å²) in [6.45, 7) is 3.68. The normalized spacial score (nSPS) is 18.2. The Morgan fingerprint density at radius 3 is 2.64 bits per heavy atom. The van der Waals surface area contributed by atoms with Gasteiger partial charge in [0.2, 0.25) is 0 Å². The van der Waals surface area contributed by atoms with E-state index in [0.29, 0.717) is 6.04 Å². The van der Waals surface area contributed by atoms with Crippen LogP contribution >= 0.6 is 23.7 Å². The fourth-order valence-corrected chi connectivity index (χ4v) is 4.12. The van der Waals surface area contributed by atoms with E-state index in [-0.39, 0.29) is 18.3 Å². The molecule has 2 aromatic heterocycles. The van der Waals surface area contributed by atoms with E-state index in [9.17, 15) is 4.79 Å². The summed E-state index contributed by atoms with van der Waals surface area (Å²) < 4.78 is 2.07. The van der Waals surface area contributed by atoms with Gasteiger partial charge in [-0.25, -0.2) is 0 Å². The van der Waals surface area contributed by atoms with Crippen LogP contribution < -0.4 is 5.32 Å². The average molecular weight is 380 g/mol. The van der Waals surface area contributed by atoms with E-state index in [1.54, 1.807) is 11.3 Å². The Morgan fingerprint density at radius 1 is 1.16 bits per heavy atom. The fraction of sp³-hybridized carbons (Fsp3) is 0.526. The summed E-state index contributed by atoms with van der Waals surface area (Å²) in [5, 5.41) is 5.76. The van der Waals surface area contributed by atoms with Crippen LogP contribution in [0.25, 0.3) is 0 Å². The summed E-state index contributed by atoms with van der Waals surface area (Å²) in [5.74, 6) is 1.10. The van der Waals surface area contributed by atoms with E-state index < -0.39 is 0 Å². The molecule has 136 valence electrons. The third kappa shape index (κ3) is 4.66. The second-order valence-corrected chi connectivity index (χ2v) is 8.05. The number of nitrogens with zero attached hydrogens (tertiary/aromatic N) is 2. The smallest absolute Gasteiger partial charge is 0.270 e. The lowest BCUT2D eigenvalue weighted by Crippen LogP contribution is -2.45. The molecule has 1 saturated carbocycles. The van der Waals surface area contributed by atoms with Crippen LogP contribution in [0.5, 0.6) is 0 Å². The standard InChI is InChI=1S/C19H25N3OS.ClH/c23-19(18-4-1-9-22(18)14-17-3-2-12-24-17)21-10-7-16(8-11-21)20-13-15-5-6-15;/h1-4,9,12,15-16,20H,5-8,10-11,13-14H2;1H. The zero-order chi connectivity index (χ0) is 16.4. The van der Waals surface area contributed by atoms with E-state index in [2.05, 4.69) is 27.4 Å². The average Bonchev–Trinajstić information content (AvgIpc) is 3.08. The van der Waals surface area contributed by atoms with Gasteiger partial charge in [-0.3, -0.25) is 4.79 Å². The van der Waals surface area contributed by atoms with Gasteiger partial charge in [0.25, 0.3) is 5.91 Å². The predicted octanol–water partition coefficient (Wildman–Crippen LogP) is 3.62. The molecule has 0 bridgehead atoms. The molecule has 0 spiro atoms. The lowest BCUT2D eigenvalue weighted by molar-refractivity contribution is 0.0694. The molecule has 2 fully saturated rings. The third-order valence-corrected chi connectivity index (χ3v) is 5.99. The van der Waals surface area contributed by atoms with Gasteiger partial charge in [0.15, 0.2) is 0 Å². The van der Waals surface area contributed by atoms with Crippen LogP contribution in [-0.4, -0.2) is 41.1 Å². The number of halogens is 1. The van der Waals surface area contributed by atoms with E-state index in [4.69, 9.17) is 0 Å². The number of hydrogen-bond acceptors (Lipinski definition) is 3. The number of aromatic nitrogens is 1. The first-order valence-electron chi connectivity index (χ1n) is 9.00. The molecule has 6 heteroatoms. The van der Waals surface area contributed by atoms with Crippen LogP contribution in [0.2, 0.25) is 0 Å². The first-order valence-corrected chi connectivity index (χ1v) is 9.88. The van der Waals surface area contributed by atoms with Crippen LogP contribution in [0.3, 0.4) is 0 Å². The van der Waals surface area contributed by atoms with E-state index >= 15 is 0 Å². The summed E-state index contributed by atoms with van der Waals surface area (Å²) in [7, 11) is 0. The van der Waals surface area contributed by atoms with Crippen molar-refractivity contribution in [1.29, 1.82) is 0 Å². The third-order valence-electron chi connectivity index (χ3n) is 5.13. The number of likely N-dealkylation sites (tertiary alicyclic amines) is 1.